The zero-order valence-electron chi connectivity index (χ0n) is 21.6. The predicted octanol–water partition coefficient (Wildman–Crippen LogP) is 3.87. The van der Waals surface area contributed by atoms with Crippen molar-refractivity contribution in [2.45, 2.75) is 12.8 Å². The quantitative estimate of drug-likeness (QED) is 0.396. The Bertz CT molecular complexity index is 1120. The van der Waals surface area contributed by atoms with Gasteiger partial charge in [-0.1, -0.05) is 0 Å². The first kappa shape index (κ1) is 26.7. The van der Waals surface area contributed by atoms with Crippen LogP contribution in [0.25, 0.3) is 6.08 Å². The summed E-state index contributed by atoms with van der Waals surface area (Å²) in [5, 5.41) is 0. The van der Waals surface area contributed by atoms with Crippen LogP contribution in [0.5, 0.6) is 34.5 Å². The van der Waals surface area contributed by atoms with Crippen LogP contribution in [0.15, 0.2) is 30.0 Å². The number of nitrogens with zero attached hydrogens (tertiary/aromatic N) is 1. The zero-order valence-corrected chi connectivity index (χ0v) is 21.6. The molecule has 0 spiro atoms. The molecule has 0 atom stereocenters. The highest BCUT2D eigenvalue weighted by Crippen LogP contribution is 2.38. The third-order valence-corrected chi connectivity index (χ3v) is 6.35. The highest BCUT2D eigenvalue weighted by atomic mass is 16.5. The summed E-state index contributed by atoms with van der Waals surface area (Å²) < 4.78 is 31.2. The van der Waals surface area contributed by atoms with Crippen molar-refractivity contribution in [3.05, 3.63) is 41.1 Å². The standard InChI is InChI=1S/C17H21NO4.C10H12O4/c1-20-14-10-16(22-3)15(21-2)9-12(14)8-13-17(19)11-4-6-18(13)7-5-11;1-12-8-5-10(14-3)9(13-2)4-7(8)6-11/h8-11H,4-7H2,1-3H3;4-6H,1-3H3/b13-8+;. The number of rotatable bonds is 8. The first-order valence-corrected chi connectivity index (χ1v) is 11.5. The van der Waals surface area contributed by atoms with Gasteiger partial charge in [0.15, 0.2) is 35.1 Å². The fourth-order valence-corrected chi connectivity index (χ4v) is 4.37. The third kappa shape index (κ3) is 5.50. The van der Waals surface area contributed by atoms with Crippen molar-refractivity contribution in [1.82, 2.24) is 4.90 Å². The van der Waals surface area contributed by atoms with Crippen molar-refractivity contribution in [1.29, 1.82) is 0 Å². The van der Waals surface area contributed by atoms with E-state index in [0.29, 0.717) is 46.3 Å². The number of carbonyl (C=O) groups excluding carboxylic acids is 2. The molecule has 36 heavy (non-hydrogen) atoms. The van der Waals surface area contributed by atoms with Crippen LogP contribution >= 0.6 is 0 Å². The van der Waals surface area contributed by atoms with E-state index in [0.717, 1.165) is 37.2 Å². The van der Waals surface area contributed by atoms with E-state index in [1.165, 1.54) is 21.3 Å². The van der Waals surface area contributed by atoms with Gasteiger partial charge in [0, 0.05) is 36.7 Å². The average molecular weight is 500 g/mol. The minimum absolute atomic E-state index is 0.183. The number of benzene rings is 2. The number of ether oxygens (including phenoxy) is 6. The van der Waals surface area contributed by atoms with E-state index >= 15 is 0 Å². The van der Waals surface area contributed by atoms with Gasteiger partial charge in [-0.3, -0.25) is 9.59 Å². The molecule has 0 N–H and O–H groups in total. The lowest BCUT2D eigenvalue weighted by molar-refractivity contribution is -0.125. The number of hydrogen-bond donors (Lipinski definition) is 0. The molecule has 0 aliphatic carbocycles. The summed E-state index contributed by atoms with van der Waals surface area (Å²) >= 11 is 0. The Morgan fingerprint density at radius 3 is 1.50 bits per heavy atom. The number of piperidine rings is 3. The predicted molar refractivity (Wildman–Crippen MR) is 135 cm³/mol. The maximum atomic E-state index is 12.5. The van der Waals surface area contributed by atoms with Crippen LogP contribution in [0.4, 0.5) is 0 Å². The SMILES string of the molecule is COc1cc(OC)c(OC)cc1/C=C1\C(=O)C2CCN1CC2.COc1cc(OC)c(OC)cc1C=O. The molecule has 0 radical (unpaired) electrons. The van der Waals surface area contributed by atoms with Crippen molar-refractivity contribution < 1.29 is 38.0 Å². The first-order valence-electron chi connectivity index (χ1n) is 11.5. The van der Waals surface area contributed by atoms with Crippen molar-refractivity contribution >= 4 is 18.1 Å². The molecule has 2 bridgehead atoms. The molecule has 3 saturated heterocycles. The molecule has 9 nitrogen and oxygen atoms in total. The number of aldehydes is 1. The van der Waals surface area contributed by atoms with Crippen LogP contribution in [0, 0.1) is 5.92 Å². The number of Topliss-reactive ketones (excluding diaryl/α,β-unsaturated/α-hetero) is 1. The Balaban J connectivity index is 0.000000223. The van der Waals surface area contributed by atoms with Crippen molar-refractivity contribution in [3.8, 4) is 34.5 Å². The molecule has 9 heteroatoms. The summed E-state index contributed by atoms with van der Waals surface area (Å²) in [5.41, 5.74) is 2.05. The van der Waals surface area contributed by atoms with Gasteiger partial charge in [-0.05, 0) is 31.1 Å². The lowest BCUT2D eigenvalue weighted by Crippen LogP contribution is -2.45. The second-order valence-electron chi connectivity index (χ2n) is 8.17. The number of ketones is 1. The zero-order chi connectivity index (χ0) is 26.2. The van der Waals surface area contributed by atoms with Gasteiger partial charge >= 0.3 is 0 Å². The molecule has 2 aromatic carbocycles. The molecule has 3 fully saturated rings. The minimum Gasteiger partial charge on any atom is -0.496 e. The summed E-state index contributed by atoms with van der Waals surface area (Å²) in [6.45, 7) is 1.91. The number of allylic oxidation sites excluding steroid dienone is 1. The molecule has 0 aromatic heterocycles. The van der Waals surface area contributed by atoms with E-state index in [1.54, 1.807) is 39.5 Å². The maximum absolute atomic E-state index is 12.5. The van der Waals surface area contributed by atoms with Crippen LogP contribution in [-0.2, 0) is 4.79 Å². The van der Waals surface area contributed by atoms with E-state index in [-0.39, 0.29) is 11.7 Å². The number of hydrogen-bond acceptors (Lipinski definition) is 9. The topological polar surface area (TPSA) is 92.8 Å². The van der Waals surface area contributed by atoms with Crippen LogP contribution < -0.4 is 28.4 Å². The van der Waals surface area contributed by atoms with E-state index in [1.807, 2.05) is 12.1 Å². The molecule has 0 amide bonds. The largest absolute Gasteiger partial charge is 0.496 e. The Hall–Kier alpha value is -3.88. The van der Waals surface area contributed by atoms with Gasteiger partial charge in [-0.15, -0.1) is 0 Å². The summed E-state index contributed by atoms with van der Waals surface area (Å²) in [7, 11) is 9.33. The molecule has 2 aromatic rings. The van der Waals surface area contributed by atoms with Crippen LogP contribution in [0.1, 0.15) is 28.8 Å². The smallest absolute Gasteiger partial charge is 0.182 e. The van der Waals surface area contributed by atoms with Gasteiger partial charge in [0.2, 0.25) is 0 Å². The molecule has 3 aliphatic heterocycles. The van der Waals surface area contributed by atoms with E-state index in [9.17, 15) is 9.59 Å². The summed E-state index contributed by atoms with van der Waals surface area (Å²) in [5.74, 6) is 3.84. The van der Waals surface area contributed by atoms with E-state index in [2.05, 4.69) is 4.90 Å². The number of methoxy groups -OCH3 is 6. The van der Waals surface area contributed by atoms with Gasteiger partial charge in [-0.2, -0.15) is 0 Å². The Kier molecular flexibility index (Phi) is 9.05. The second-order valence-corrected chi connectivity index (χ2v) is 8.17. The fraction of sp³-hybridized carbons (Fsp3) is 0.407. The second kappa shape index (κ2) is 12.2. The summed E-state index contributed by atoms with van der Waals surface area (Å²) in [6, 6.07) is 6.82. The van der Waals surface area contributed by atoms with Gasteiger partial charge in [0.05, 0.1) is 53.9 Å². The molecule has 3 aliphatic rings. The highest BCUT2D eigenvalue weighted by molar-refractivity contribution is 6.02. The highest BCUT2D eigenvalue weighted by Gasteiger charge is 2.36. The number of carbonyl (C=O) groups is 2. The molecule has 0 saturated carbocycles. The van der Waals surface area contributed by atoms with Gasteiger partial charge < -0.3 is 33.3 Å². The number of fused-ring (bicyclic) bond motifs is 3. The molecule has 3 heterocycles. The third-order valence-electron chi connectivity index (χ3n) is 6.35. The normalized spacial score (nSPS) is 15.7. The van der Waals surface area contributed by atoms with Crippen LogP contribution in [0.3, 0.4) is 0 Å². The van der Waals surface area contributed by atoms with Crippen LogP contribution in [-0.4, -0.2) is 72.7 Å². The Labute approximate surface area is 211 Å². The molecular formula is C27H33NO8. The van der Waals surface area contributed by atoms with Crippen LogP contribution in [0.2, 0.25) is 0 Å². The Morgan fingerprint density at radius 2 is 1.08 bits per heavy atom. The van der Waals surface area contributed by atoms with Crippen molar-refractivity contribution in [2.24, 2.45) is 5.92 Å². The monoisotopic (exact) mass is 499 g/mol. The van der Waals surface area contributed by atoms with E-state index in [4.69, 9.17) is 28.4 Å². The lowest BCUT2D eigenvalue weighted by Gasteiger charge is -2.41. The summed E-state index contributed by atoms with van der Waals surface area (Å²) in [4.78, 5) is 25.3. The molecule has 194 valence electrons. The van der Waals surface area contributed by atoms with E-state index < -0.39 is 0 Å². The first-order chi connectivity index (χ1) is 17.4. The van der Waals surface area contributed by atoms with Gasteiger partial charge in [0.1, 0.15) is 11.5 Å². The summed E-state index contributed by atoms with van der Waals surface area (Å²) in [6.07, 6.45) is 4.56. The van der Waals surface area contributed by atoms with Crippen molar-refractivity contribution in [2.75, 3.05) is 55.7 Å². The van der Waals surface area contributed by atoms with Gasteiger partial charge in [0.25, 0.3) is 0 Å². The Morgan fingerprint density at radius 1 is 0.667 bits per heavy atom. The maximum Gasteiger partial charge on any atom is 0.182 e. The lowest BCUT2D eigenvalue weighted by atomic mass is 9.84. The van der Waals surface area contributed by atoms with Gasteiger partial charge in [-0.25, -0.2) is 0 Å². The van der Waals surface area contributed by atoms with Crippen molar-refractivity contribution in [3.63, 3.8) is 0 Å². The fourth-order valence-electron chi connectivity index (χ4n) is 4.37. The average Bonchev–Trinajstić information content (AvgIpc) is 2.94. The molecular weight excluding hydrogens is 466 g/mol. The minimum atomic E-state index is 0.183. The molecule has 5 rings (SSSR count). The molecule has 0 unspecified atom stereocenters.